The number of hydrogen-bond acceptors (Lipinski definition) is 4. The zero-order chi connectivity index (χ0) is 13.9. The van der Waals surface area contributed by atoms with Gasteiger partial charge in [0.25, 0.3) is 0 Å². The Hall–Kier alpha value is -0.420. The van der Waals surface area contributed by atoms with Crippen LogP contribution in [0.5, 0.6) is 0 Å². The van der Waals surface area contributed by atoms with Gasteiger partial charge in [-0.1, -0.05) is 13.8 Å². The molecule has 2 atom stereocenters. The van der Waals surface area contributed by atoms with Gasteiger partial charge in [-0.05, 0) is 31.4 Å². The fourth-order valence-electron chi connectivity index (χ4n) is 3.31. The SMILES string of the molecule is CC(C)NCc1ccc(CN2CCOC3CCCC32)s1. The largest absolute Gasteiger partial charge is 0.375 e. The number of morpholine rings is 1. The minimum Gasteiger partial charge on any atom is -0.375 e. The molecule has 2 fully saturated rings. The molecule has 4 heteroatoms. The number of rotatable bonds is 5. The molecule has 0 aromatic carbocycles. The van der Waals surface area contributed by atoms with Gasteiger partial charge in [0.2, 0.25) is 0 Å². The molecular formula is C16H26N2OS. The summed E-state index contributed by atoms with van der Waals surface area (Å²) in [4.78, 5) is 5.59. The van der Waals surface area contributed by atoms with Crippen LogP contribution in [-0.2, 0) is 17.8 Å². The summed E-state index contributed by atoms with van der Waals surface area (Å²) >= 11 is 1.96. The van der Waals surface area contributed by atoms with Crippen molar-refractivity contribution in [3.8, 4) is 0 Å². The van der Waals surface area contributed by atoms with Gasteiger partial charge in [0, 0.05) is 41.5 Å². The third kappa shape index (κ3) is 3.42. The summed E-state index contributed by atoms with van der Waals surface area (Å²) in [5.74, 6) is 0. The smallest absolute Gasteiger partial charge is 0.0731 e. The van der Waals surface area contributed by atoms with E-state index in [1.165, 1.54) is 29.0 Å². The fraction of sp³-hybridized carbons (Fsp3) is 0.750. The van der Waals surface area contributed by atoms with Gasteiger partial charge in [-0.25, -0.2) is 0 Å². The van der Waals surface area contributed by atoms with E-state index in [-0.39, 0.29) is 0 Å². The molecule has 1 aromatic rings. The molecule has 112 valence electrons. The Balaban J connectivity index is 1.57. The van der Waals surface area contributed by atoms with Crippen LogP contribution in [0.25, 0.3) is 0 Å². The predicted molar refractivity (Wildman–Crippen MR) is 84.1 cm³/mol. The molecule has 1 aliphatic heterocycles. The van der Waals surface area contributed by atoms with E-state index in [2.05, 4.69) is 36.2 Å². The van der Waals surface area contributed by atoms with Crippen molar-refractivity contribution >= 4 is 11.3 Å². The molecule has 1 aliphatic carbocycles. The molecule has 3 nitrogen and oxygen atoms in total. The summed E-state index contributed by atoms with van der Waals surface area (Å²) in [6.45, 7) is 8.51. The van der Waals surface area contributed by atoms with Gasteiger partial charge < -0.3 is 10.1 Å². The summed E-state index contributed by atoms with van der Waals surface area (Å²) in [5, 5.41) is 3.49. The zero-order valence-electron chi connectivity index (χ0n) is 12.6. The van der Waals surface area contributed by atoms with Crippen LogP contribution in [-0.4, -0.2) is 36.2 Å². The van der Waals surface area contributed by atoms with Crippen LogP contribution >= 0.6 is 11.3 Å². The summed E-state index contributed by atoms with van der Waals surface area (Å²) in [6, 6.07) is 5.81. The zero-order valence-corrected chi connectivity index (χ0v) is 13.4. The standard InChI is InChI=1S/C16H26N2OS/c1-12(2)17-10-13-6-7-14(20-13)11-18-8-9-19-16-5-3-4-15(16)18/h6-7,12,15-17H,3-5,8-11H2,1-2H3. The molecule has 3 rings (SSSR count). The van der Waals surface area contributed by atoms with Crippen molar-refractivity contribution in [2.45, 2.75) is 64.4 Å². The van der Waals surface area contributed by atoms with E-state index >= 15 is 0 Å². The second-order valence-electron chi connectivity index (χ2n) is 6.28. The molecular weight excluding hydrogens is 268 g/mol. The number of ether oxygens (including phenoxy) is 1. The quantitative estimate of drug-likeness (QED) is 0.903. The Morgan fingerprint density at radius 2 is 2.20 bits per heavy atom. The first kappa shape index (κ1) is 14.5. The average Bonchev–Trinajstić information content (AvgIpc) is 3.05. The Labute approximate surface area is 126 Å². The first-order valence-corrected chi connectivity index (χ1v) is 8.70. The van der Waals surface area contributed by atoms with Gasteiger partial charge in [0.15, 0.2) is 0 Å². The Morgan fingerprint density at radius 3 is 3.05 bits per heavy atom. The second kappa shape index (κ2) is 6.56. The van der Waals surface area contributed by atoms with Crippen molar-refractivity contribution in [3.63, 3.8) is 0 Å². The second-order valence-corrected chi connectivity index (χ2v) is 7.53. The highest BCUT2D eigenvalue weighted by atomic mass is 32.1. The molecule has 1 N–H and O–H groups in total. The summed E-state index contributed by atoms with van der Waals surface area (Å²) in [6.07, 6.45) is 4.41. The summed E-state index contributed by atoms with van der Waals surface area (Å²) in [7, 11) is 0. The average molecular weight is 294 g/mol. The minimum atomic E-state index is 0.505. The van der Waals surface area contributed by atoms with Gasteiger partial charge in [-0.2, -0.15) is 0 Å². The fourth-order valence-corrected chi connectivity index (χ4v) is 4.30. The highest BCUT2D eigenvalue weighted by Crippen LogP contribution is 2.31. The van der Waals surface area contributed by atoms with Crippen molar-refractivity contribution in [1.29, 1.82) is 0 Å². The third-order valence-corrected chi connectivity index (χ3v) is 5.43. The maximum absolute atomic E-state index is 5.89. The summed E-state index contributed by atoms with van der Waals surface area (Å²) in [5.41, 5.74) is 0. The van der Waals surface area contributed by atoms with E-state index in [1.807, 2.05) is 11.3 Å². The van der Waals surface area contributed by atoms with Crippen LogP contribution in [0, 0.1) is 0 Å². The lowest BCUT2D eigenvalue weighted by Gasteiger charge is -2.37. The highest BCUT2D eigenvalue weighted by Gasteiger charge is 2.35. The van der Waals surface area contributed by atoms with Crippen LogP contribution in [0.3, 0.4) is 0 Å². The van der Waals surface area contributed by atoms with Crippen molar-refractivity contribution < 1.29 is 4.74 Å². The van der Waals surface area contributed by atoms with Crippen molar-refractivity contribution in [3.05, 3.63) is 21.9 Å². The molecule has 1 aromatic heterocycles. The molecule has 0 bridgehead atoms. The number of thiophene rings is 1. The Kier molecular flexibility index (Phi) is 4.76. The lowest BCUT2D eigenvalue weighted by molar-refractivity contribution is -0.0584. The van der Waals surface area contributed by atoms with E-state index in [9.17, 15) is 0 Å². The maximum atomic E-state index is 5.89. The first-order valence-electron chi connectivity index (χ1n) is 7.89. The van der Waals surface area contributed by atoms with Crippen molar-refractivity contribution in [2.75, 3.05) is 13.2 Å². The van der Waals surface area contributed by atoms with Crippen molar-refractivity contribution in [2.24, 2.45) is 0 Å². The maximum Gasteiger partial charge on any atom is 0.0731 e. The van der Waals surface area contributed by atoms with Crippen LogP contribution < -0.4 is 5.32 Å². The van der Waals surface area contributed by atoms with Gasteiger partial charge in [0.05, 0.1) is 12.7 Å². The number of fused-ring (bicyclic) bond motifs is 1. The number of hydrogen-bond donors (Lipinski definition) is 1. The summed E-state index contributed by atoms with van der Waals surface area (Å²) < 4.78 is 5.89. The lowest BCUT2D eigenvalue weighted by Crippen LogP contribution is -2.47. The Bertz CT molecular complexity index is 432. The molecule has 2 heterocycles. The molecule has 1 saturated heterocycles. The topological polar surface area (TPSA) is 24.5 Å². The van der Waals surface area contributed by atoms with Crippen molar-refractivity contribution in [1.82, 2.24) is 10.2 Å². The van der Waals surface area contributed by atoms with Crippen LogP contribution in [0.15, 0.2) is 12.1 Å². The molecule has 20 heavy (non-hydrogen) atoms. The predicted octanol–water partition coefficient (Wildman–Crippen LogP) is 3.00. The normalized spacial score (nSPS) is 27.1. The van der Waals surface area contributed by atoms with E-state index in [1.54, 1.807) is 0 Å². The van der Waals surface area contributed by atoms with Gasteiger partial charge >= 0.3 is 0 Å². The molecule has 2 aliphatic rings. The Morgan fingerprint density at radius 1 is 1.35 bits per heavy atom. The molecule has 2 unspecified atom stereocenters. The van der Waals surface area contributed by atoms with Crippen LogP contribution in [0.4, 0.5) is 0 Å². The number of nitrogens with one attached hydrogen (secondary N) is 1. The first-order chi connectivity index (χ1) is 9.72. The molecule has 0 amide bonds. The highest BCUT2D eigenvalue weighted by molar-refractivity contribution is 7.11. The lowest BCUT2D eigenvalue weighted by atomic mass is 10.1. The molecule has 0 spiro atoms. The van der Waals surface area contributed by atoms with Crippen LogP contribution in [0.1, 0.15) is 42.9 Å². The van der Waals surface area contributed by atoms with Gasteiger partial charge in [-0.3, -0.25) is 4.90 Å². The van der Waals surface area contributed by atoms with E-state index in [0.29, 0.717) is 18.2 Å². The van der Waals surface area contributed by atoms with Gasteiger partial charge in [0.1, 0.15) is 0 Å². The number of nitrogens with zero attached hydrogens (tertiary/aromatic N) is 1. The van der Waals surface area contributed by atoms with E-state index in [0.717, 1.165) is 26.2 Å². The third-order valence-electron chi connectivity index (χ3n) is 4.36. The molecule has 1 saturated carbocycles. The monoisotopic (exact) mass is 294 g/mol. The minimum absolute atomic E-state index is 0.505. The molecule has 0 radical (unpaired) electrons. The van der Waals surface area contributed by atoms with E-state index in [4.69, 9.17) is 4.74 Å². The van der Waals surface area contributed by atoms with E-state index < -0.39 is 0 Å². The van der Waals surface area contributed by atoms with Gasteiger partial charge in [-0.15, -0.1) is 11.3 Å². The van der Waals surface area contributed by atoms with Crippen LogP contribution in [0.2, 0.25) is 0 Å².